The van der Waals surface area contributed by atoms with Gasteiger partial charge in [-0.05, 0) is 19.8 Å². The van der Waals surface area contributed by atoms with Gasteiger partial charge in [-0.3, -0.25) is 0 Å². The summed E-state index contributed by atoms with van der Waals surface area (Å²) in [5.74, 6) is -1.08. The van der Waals surface area contributed by atoms with E-state index in [2.05, 4.69) is 51.4 Å². The Kier molecular flexibility index (Phi) is 15.0. The van der Waals surface area contributed by atoms with Gasteiger partial charge >= 0.3 is 0 Å². The fourth-order valence-electron chi connectivity index (χ4n) is 3.18. The van der Waals surface area contributed by atoms with Gasteiger partial charge in [0.05, 0.1) is 20.6 Å². The molecule has 0 aliphatic heterocycles. The third kappa shape index (κ3) is 17.5. The molecule has 1 aromatic carbocycles. The molecule has 1 rings (SSSR count). The summed E-state index contributed by atoms with van der Waals surface area (Å²) in [6.45, 7) is 5.71. The maximum absolute atomic E-state index is 8.89. The summed E-state index contributed by atoms with van der Waals surface area (Å²) in [4.78, 5) is 8.89. The Bertz CT molecular complexity index is 439. The molecule has 3 heteroatoms. The Balaban J connectivity index is 0.00000141. The van der Waals surface area contributed by atoms with Crippen LogP contribution in [0.4, 0.5) is 0 Å². The summed E-state index contributed by atoms with van der Waals surface area (Å²) in [7, 11) is 4.72. The molecule has 0 radical (unpaired) electrons. The lowest BCUT2D eigenvalue weighted by atomic mass is 10.1. The highest BCUT2D eigenvalue weighted by atomic mass is 16.4. The van der Waals surface area contributed by atoms with Crippen molar-refractivity contribution in [3.63, 3.8) is 0 Å². The highest BCUT2D eigenvalue weighted by Gasteiger charge is 2.14. The van der Waals surface area contributed by atoms with Gasteiger partial charge < -0.3 is 14.4 Å². The van der Waals surface area contributed by atoms with Crippen LogP contribution < -0.4 is 5.11 Å². The van der Waals surface area contributed by atoms with E-state index in [4.69, 9.17) is 9.90 Å². The van der Waals surface area contributed by atoms with E-state index in [-0.39, 0.29) is 0 Å². The van der Waals surface area contributed by atoms with Crippen molar-refractivity contribution in [3.8, 4) is 0 Å². The Morgan fingerprint density at radius 3 is 1.73 bits per heavy atom. The molecule has 0 bridgehead atoms. The molecule has 0 amide bonds. The van der Waals surface area contributed by atoms with Crippen LogP contribution in [0.2, 0.25) is 0 Å². The predicted octanol–water partition coefficient (Wildman–Crippen LogP) is 4.94. The van der Waals surface area contributed by atoms with Crippen LogP contribution in [0.15, 0.2) is 30.3 Å². The highest BCUT2D eigenvalue weighted by Crippen LogP contribution is 2.13. The number of hydrogen-bond acceptors (Lipinski definition) is 2. The van der Waals surface area contributed by atoms with Crippen molar-refractivity contribution in [2.75, 3.05) is 20.6 Å². The number of benzene rings is 1. The van der Waals surface area contributed by atoms with Gasteiger partial charge in [-0.2, -0.15) is 0 Å². The number of hydrogen-bond donors (Lipinski definition) is 0. The van der Waals surface area contributed by atoms with Crippen LogP contribution in [0.1, 0.15) is 83.6 Å². The topological polar surface area (TPSA) is 40.1 Å². The van der Waals surface area contributed by atoms with Gasteiger partial charge in [0.15, 0.2) is 0 Å². The molecule has 0 atom stereocenters. The van der Waals surface area contributed by atoms with Crippen molar-refractivity contribution in [3.05, 3.63) is 35.9 Å². The van der Waals surface area contributed by atoms with Crippen LogP contribution in [-0.2, 0) is 11.3 Å². The molecular weight excluding hydrogens is 322 g/mol. The first kappa shape index (κ1) is 24.7. The van der Waals surface area contributed by atoms with Gasteiger partial charge in [0.25, 0.3) is 0 Å². The third-order valence-corrected chi connectivity index (χ3v) is 4.57. The molecule has 0 saturated carbocycles. The van der Waals surface area contributed by atoms with Crippen molar-refractivity contribution < 1.29 is 14.4 Å². The molecule has 0 aliphatic carbocycles. The normalized spacial score (nSPS) is 10.9. The molecule has 0 N–H and O–H groups in total. The number of unbranched alkanes of at least 4 members (excludes halogenated alkanes) is 9. The van der Waals surface area contributed by atoms with E-state index < -0.39 is 5.97 Å². The second kappa shape index (κ2) is 15.9. The minimum Gasteiger partial charge on any atom is -0.550 e. The van der Waals surface area contributed by atoms with Gasteiger partial charge in [0.2, 0.25) is 0 Å². The van der Waals surface area contributed by atoms with E-state index in [9.17, 15) is 0 Å². The minimum atomic E-state index is -1.08. The second-order valence-corrected chi connectivity index (χ2v) is 7.98. The molecular formula is C23H41NO2. The summed E-state index contributed by atoms with van der Waals surface area (Å²) >= 11 is 0. The van der Waals surface area contributed by atoms with Crippen molar-refractivity contribution >= 4 is 5.97 Å². The van der Waals surface area contributed by atoms with Crippen molar-refractivity contribution in [1.82, 2.24) is 0 Å². The van der Waals surface area contributed by atoms with Gasteiger partial charge in [0.1, 0.15) is 6.54 Å². The molecule has 150 valence electrons. The SMILES string of the molecule is CC(=O)[O-].CCCCCCCCCCCC[N+](C)(C)Cc1ccccc1. The zero-order chi connectivity index (χ0) is 19.7. The molecule has 0 unspecified atom stereocenters. The predicted molar refractivity (Wildman–Crippen MR) is 110 cm³/mol. The molecule has 3 nitrogen and oxygen atoms in total. The Labute approximate surface area is 162 Å². The smallest absolute Gasteiger partial charge is 0.104 e. The number of carbonyl (C=O) groups is 1. The van der Waals surface area contributed by atoms with Crippen LogP contribution in [0.5, 0.6) is 0 Å². The first-order valence-electron chi connectivity index (χ1n) is 10.4. The zero-order valence-corrected chi connectivity index (χ0v) is 17.6. The molecule has 0 spiro atoms. The zero-order valence-electron chi connectivity index (χ0n) is 17.6. The number of carboxylic acids is 1. The highest BCUT2D eigenvalue weighted by molar-refractivity contribution is 5.60. The number of carbonyl (C=O) groups excluding carboxylic acids is 1. The lowest BCUT2D eigenvalue weighted by Crippen LogP contribution is -2.39. The molecule has 0 aromatic heterocycles. The van der Waals surface area contributed by atoms with Gasteiger partial charge in [-0.1, -0.05) is 88.6 Å². The quantitative estimate of drug-likeness (QED) is 0.368. The monoisotopic (exact) mass is 363 g/mol. The fraction of sp³-hybridized carbons (Fsp3) is 0.696. The van der Waals surface area contributed by atoms with Gasteiger partial charge in [0, 0.05) is 11.5 Å². The van der Waals surface area contributed by atoms with Crippen LogP contribution in [0, 0.1) is 0 Å². The van der Waals surface area contributed by atoms with Crippen molar-refractivity contribution in [2.45, 2.75) is 84.6 Å². The molecule has 0 heterocycles. The number of aliphatic carboxylic acids is 1. The summed E-state index contributed by atoms with van der Waals surface area (Å²) in [6, 6.07) is 10.9. The average Bonchev–Trinajstić information content (AvgIpc) is 2.56. The van der Waals surface area contributed by atoms with E-state index in [1.807, 2.05) is 0 Å². The van der Waals surface area contributed by atoms with E-state index in [1.54, 1.807) is 0 Å². The first-order valence-corrected chi connectivity index (χ1v) is 10.4. The third-order valence-electron chi connectivity index (χ3n) is 4.57. The van der Waals surface area contributed by atoms with E-state index in [1.165, 1.54) is 76.3 Å². The van der Waals surface area contributed by atoms with E-state index in [0.717, 1.165) is 18.0 Å². The molecule has 26 heavy (non-hydrogen) atoms. The van der Waals surface area contributed by atoms with Crippen LogP contribution in [0.3, 0.4) is 0 Å². The number of rotatable bonds is 13. The lowest BCUT2D eigenvalue weighted by molar-refractivity contribution is -0.903. The van der Waals surface area contributed by atoms with Crippen LogP contribution in [-0.4, -0.2) is 31.1 Å². The Hall–Kier alpha value is -1.35. The Morgan fingerprint density at radius 2 is 1.27 bits per heavy atom. The maximum atomic E-state index is 8.89. The van der Waals surface area contributed by atoms with Crippen LogP contribution >= 0.6 is 0 Å². The second-order valence-electron chi connectivity index (χ2n) is 7.98. The summed E-state index contributed by atoms with van der Waals surface area (Å²) in [6.07, 6.45) is 14.2. The van der Waals surface area contributed by atoms with Crippen molar-refractivity contribution in [2.24, 2.45) is 0 Å². The summed E-state index contributed by atoms with van der Waals surface area (Å²) in [5, 5.41) is 8.89. The van der Waals surface area contributed by atoms with Gasteiger partial charge in [-0.25, -0.2) is 0 Å². The first-order chi connectivity index (χ1) is 12.4. The standard InChI is InChI=1S/C21H38N.C2H4O2/c1-4-5-6-7-8-9-10-11-12-16-19-22(2,3)20-21-17-14-13-15-18-21;1-2(3)4/h13-15,17-18H,4-12,16,19-20H2,1-3H3;1H3,(H,3,4)/q+1;/p-1. The van der Waals surface area contributed by atoms with Gasteiger partial charge in [-0.15, -0.1) is 0 Å². The molecule has 1 aromatic rings. The van der Waals surface area contributed by atoms with Crippen LogP contribution in [0.25, 0.3) is 0 Å². The van der Waals surface area contributed by atoms with Crippen molar-refractivity contribution in [1.29, 1.82) is 0 Å². The van der Waals surface area contributed by atoms with E-state index in [0.29, 0.717) is 0 Å². The molecule has 0 aliphatic rings. The summed E-state index contributed by atoms with van der Waals surface area (Å²) < 4.78 is 1.11. The summed E-state index contributed by atoms with van der Waals surface area (Å²) in [5.41, 5.74) is 1.46. The Morgan fingerprint density at radius 1 is 0.846 bits per heavy atom. The van der Waals surface area contributed by atoms with E-state index >= 15 is 0 Å². The molecule has 0 saturated heterocycles. The number of nitrogens with zero attached hydrogens (tertiary/aromatic N) is 1. The number of quaternary nitrogens is 1. The minimum absolute atomic E-state index is 0.972. The largest absolute Gasteiger partial charge is 0.550 e. The molecule has 0 fully saturated rings. The average molecular weight is 364 g/mol. The fourth-order valence-corrected chi connectivity index (χ4v) is 3.18. The number of carboxylic acid groups (broad SMARTS) is 1. The lowest BCUT2D eigenvalue weighted by Gasteiger charge is -2.30. The maximum Gasteiger partial charge on any atom is 0.104 e.